The number of rotatable bonds is 4. The molecule has 7 heteroatoms. The summed E-state index contributed by atoms with van der Waals surface area (Å²) < 4.78 is 37.8. The van der Waals surface area contributed by atoms with E-state index in [2.05, 4.69) is 10.3 Å². The Balaban J connectivity index is 2.25. The predicted octanol–water partition coefficient (Wildman–Crippen LogP) is 3.41. The van der Waals surface area contributed by atoms with E-state index in [1.165, 1.54) is 0 Å². The first-order chi connectivity index (χ1) is 9.88. The van der Waals surface area contributed by atoms with Crippen LogP contribution in [0, 0.1) is 0 Å². The van der Waals surface area contributed by atoms with Gasteiger partial charge in [-0.1, -0.05) is 6.07 Å². The molecule has 0 aliphatic heterocycles. The maximum atomic E-state index is 12.6. The highest BCUT2D eigenvalue weighted by Gasteiger charge is 2.31. The summed E-state index contributed by atoms with van der Waals surface area (Å²) in [7, 11) is 0. The van der Waals surface area contributed by atoms with Gasteiger partial charge in [-0.25, -0.2) is 4.79 Å². The van der Waals surface area contributed by atoms with Gasteiger partial charge in [-0.05, 0) is 30.3 Å². The largest absolute Gasteiger partial charge is 0.478 e. The highest BCUT2D eigenvalue weighted by molar-refractivity contribution is 5.94. The van der Waals surface area contributed by atoms with Crippen LogP contribution in [0.2, 0.25) is 0 Å². The van der Waals surface area contributed by atoms with Gasteiger partial charge in [0.25, 0.3) is 0 Å². The third-order valence-electron chi connectivity index (χ3n) is 2.76. The predicted molar refractivity (Wildman–Crippen MR) is 70.0 cm³/mol. The number of aromatic nitrogens is 1. The van der Waals surface area contributed by atoms with E-state index < -0.39 is 23.3 Å². The SMILES string of the molecule is O=C(O)c1cc(C(F)(F)F)ccc1NCc1ccccn1. The van der Waals surface area contributed by atoms with Crippen LogP contribution < -0.4 is 5.32 Å². The lowest BCUT2D eigenvalue weighted by molar-refractivity contribution is -0.137. The number of aromatic carboxylic acids is 1. The first-order valence-electron chi connectivity index (χ1n) is 5.96. The van der Waals surface area contributed by atoms with Gasteiger partial charge < -0.3 is 10.4 Å². The number of alkyl halides is 3. The maximum Gasteiger partial charge on any atom is 0.416 e. The van der Waals surface area contributed by atoms with Crippen molar-refractivity contribution >= 4 is 11.7 Å². The zero-order valence-electron chi connectivity index (χ0n) is 10.7. The molecule has 2 aromatic rings. The number of hydrogen-bond acceptors (Lipinski definition) is 3. The number of benzene rings is 1. The molecule has 2 rings (SSSR count). The molecule has 0 aliphatic rings. The van der Waals surface area contributed by atoms with Crippen LogP contribution in [0.5, 0.6) is 0 Å². The number of pyridine rings is 1. The molecule has 1 aromatic heterocycles. The first kappa shape index (κ1) is 14.8. The Hall–Kier alpha value is -2.57. The number of nitrogens with zero attached hydrogens (tertiary/aromatic N) is 1. The fraction of sp³-hybridized carbons (Fsp3) is 0.143. The maximum absolute atomic E-state index is 12.6. The monoisotopic (exact) mass is 296 g/mol. The zero-order chi connectivity index (χ0) is 15.5. The van der Waals surface area contributed by atoms with Gasteiger partial charge in [0, 0.05) is 11.9 Å². The molecule has 0 bridgehead atoms. The fourth-order valence-corrected chi connectivity index (χ4v) is 1.74. The van der Waals surface area contributed by atoms with Crippen LogP contribution in [-0.4, -0.2) is 16.1 Å². The quantitative estimate of drug-likeness (QED) is 0.907. The normalized spacial score (nSPS) is 11.2. The lowest BCUT2D eigenvalue weighted by Crippen LogP contribution is -2.11. The Morgan fingerprint density at radius 1 is 1.24 bits per heavy atom. The molecule has 110 valence electrons. The van der Waals surface area contributed by atoms with Crippen LogP contribution in [0.1, 0.15) is 21.6 Å². The van der Waals surface area contributed by atoms with Crippen LogP contribution in [0.15, 0.2) is 42.6 Å². The minimum atomic E-state index is -4.58. The van der Waals surface area contributed by atoms with E-state index in [0.29, 0.717) is 11.8 Å². The van der Waals surface area contributed by atoms with Crippen molar-refractivity contribution in [3.8, 4) is 0 Å². The van der Waals surface area contributed by atoms with Crippen molar-refractivity contribution in [3.63, 3.8) is 0 Å². The minimum Gasteiger partial charge on any atom is -0.478 e. The molecule has 21 heavy (non-hydrogen) atoms. The molecular formula is C14H11F3N2O2. The fourth-order valence-electron chi connectivity index (χ4n) is 1.74. The number of carbonyl (C=O) groups is 1. The van der Waals surface area contributed by atoms with Crippen molar-refractivity contribution in [1.82, 2.24) is 4.98 Å². The summed E-state index contributed by atoms with van der Waals surface area (Å²) in [5, 5.41) is 11.8. The number of carboxylic acid groups (broad SMARTS) is 1. The van der Waals surface area contributed by atoms with E-state index >= 15 is 0 Å². The zero-order valence-corrected chi connectivity index (χ0v) is 10.7. The lowest BCUT2D eigenvalue weighted by atomic mass is 10.1. The van der Waals surface area contributed by atoms with Crippen molar-refractivity contribution in [2.75, 3.05) is 5.32 Å². The van der Waals surface area contributed by atoms with Crippen molar-refractivity contribution < 1.29 is 23.1 Å². The van der Waals surface area contributed by atoms with Crippen LogP contribution in [0.25, 0.3) is 0 Å². The second kappa shape index (κ2) is 5.82. The van der Waals surface area contributed by atoms with Gasteiger partial charge in [-0.15, -0.1) is 0 Å². The molecule has 0 aliphatic carbocycles. The van der Waals surface area contributed by atoms with E-state index in [1.807, 2.05) is 0 Å². The van der Waals surface area contributed by atoms with E-state index in [1.54, 1.807) is 24.4 Å². The third-order valence-corrected chi connectivity index (χ3v) is 2.76. The molecule has 1 heterocycles. The van der Waals surface area contributed by atoms with E-state index in [-0.39, 0.29) is 12.2 Å². The number of halogens is 3. The topological polar surface area (TPSA) is 62.2 Å². The Morgan fingerprint density at radius 3 is 2.57 bits per heavy atom. The average Bonchev–Trinajstić information content (AvgIpc) is 2.45. The Labute approximate surface area is 118 Å². The molecule has 0 spiro atoms. The molecule has 0 fully saturated rings. The van der Waals surface area contributed by atoms with Crippen LogP contribution in [-0.2, 0) is 12.7 Å². The van der Waals surface area contributed by atoms with E-state index in [0.717, 1.165) is 12.1 Å². The van der Waals surface area contributed by atoms with Crippen LogP contribution in [0.3, 0.4) is 0 Å². The van der Waals surface area contributed by atoms with E-state index in [4.69, 9.17) is 5.11 Å². The summed E-state index contributed by atoms with van der Waals surface area (Å²) in [6, 6.07) is 7.77. The van der Waals surface area contributed by atoms with Crippen molar-refractivity contribution in [2.24, 2.45) is 0 Å². The van der Waals surface area contributed by atoms with Gasteiger partial charge in [0.1, 0.15) is 0 Å². The molecule has 0 saturated heterocycles. The Bertz CT molecular complexity index is 642. The Morgan fingerprint density at radius 2 is 2.00 bits per heavy atom. The number of nitrogens with one attached hydrogen (secondary N) is 1. The summed E-state index contributed by atoms with van der Waals surface area (Å²) in [5.41, 5.74) is -0.668. The highest BCUT2D eigenvalue weighted by Crippen LogP contribution is 2.32. The van der Waals surface area contributed by atoms with Crippen molar-refractivity contribution in [2.45, 2.75) is 12.7 Å². The summed E-state index contributed by atoms with van der Waals surface area (Å²) >= 11 is 0. The molecule has 0 unspecified atom stereocenters. The van der Waals surface area contributed by atoms with Crippen LogP contribution >= 0.6 is 0 Å². The smallest absolute Gasteiger partial charge is 0.416 e. The Kier molecular flexibility index (Phi) is 4.11. The number of hydrogen-bond donors (Lipinski definition) is 2. The van der Waals surface area contributed by atoms with Gasteiger partial charge in [0.05, 0.1) is 23.4 Å². The molecular weight excluding hydrogens is 285 g/mol. The summed E-state index contributed by atoms with van der Waals surface area (Å²) in [5.74, 6) is -1.43. The third kappa shape index (κ3) is 3.71. The summed E-state index contributed by atoms with van der Waals surface area (Å²) in [6.07, 6.45) is -3.01. The minimum absolute atomic E-state index is 0.112. The van der Waals surface area contributed by atoms with Gasteiger partial charge in [-0.3, -0.25) is 4.98 Å². The number of anilines is 1. The van der Waals surface area contributed by atoms with Crippen molar-refractivity contribution in [3.05, 3.63) is 59.4 Å². The molecule has 0 atom stereocenters. The van der Waals surface area contributed by atoms with Gasteiger partial charge in [-0.2, -0.15) is 13.2 Å². The molecule has 0 amide bonds. The average molecular weight is 296 g/mol. The molecule has 0 radical (unpaired) electrons. The summed E-state index contributed by atoms with van der Waals surface area (Å²) in [4.78, 5) is 15.1. The van der Waals surface area contributed by atoms with E-state index in [9.17, 15) is 18.0 Å². The summed E-state index contributed by atoms with van der Waals surface area (Å²) in [6.45, 7) is 0.215. The molecule has 0 saturated carbocycles. The van der Waals surface area contributed by atoms with Crippen LogP contribution in [0.4, 0.5) is 18.9 Å². The molecule has 2 N–H and O–H groups in total. The highest BCUT2D eigenvalue weighted by atomic mass is 19.4. The van der Waals surface area contributed by atoms with Gasteiger partial charge in [0.2, 0.25) is 0 Å². The second-order valence-electron chi connectivity index (χ2n) is 4.24. The molecule has 1 aromatic carbocycles. The second-order valence-corrected chi connectivity index (χ2v) is 4.24. The first-order valence-corrected chi connectivity index (χ1v) is 5.96. The molecule has 4 nitrogen and oxygen atoms in total. The van der Waals surface area contributed by atoms with Crippen molar-refractivity contribution in [1.29, 1.82) is 0 Å². The lowest BCUT2D eigenvalue weighted by Gasteiger charge is -2.12. The number of carboxylic acids is 1. The van der Waals surface area contributed by atoms with Gasteiger partial charge >= 0.3 is 12.1 Å². The standard InChI is InChI=1S/C14H11F3N2O2/c15-14(16,17)9-4-5-12(11(7-9)13(20)21)19-8-10-3-1-2-6-18-10/h1-7,19H,8H2,(H,20,21). The van der Waals surface area contributed by atoms with Gasteiger partial charge in [0.15, 0.2) is 0 Å².